The Labute approximate surface area is 59.0 Å². The maximum Gasteiger partial charge on any atom is 0.182 e. The summed E-state index contributed by atoms with van der Waals surface area (Å²) in [5.74, 6) is -0.179. The van der Waals surface area contributed by atoms with Crippen LogP contribution in [0.5, 0.6) is 0 Å². The first-order valence-electron chi connectivity index (χ1n) is 3.65. The van der Waals surface area contributed by atoms with Crippen LogP contribution in [0.15, 0.2) is 0 Å². The van der Waals surface area contributed by atoms with E-state index < -0.39 is 5.67 Å². The maximum absolute atomic E-state index is 13.3. The van der Waals surface area contributed by atoms with Crippen molar-refractivity contribution in [2.45, 2.75) is 18.5 Å². The summed E-state index contributed by atoms with van der Waals surface area (Å²) in [5.41, 5.74) is -1.46. The molecule has 56 valence electrons. The highest BCUT2D eigenvalue weighted by Gasteiger charge is 2.47. The topological polar surface area (TPSA) is 20.3 Å². The highest BCUT2D eigenvalue weighted by molar-refractivity contribution is 5.88. The second-order valence-electron chi connectivity index (χ2n) is 3.16. The van der Waals surface area contributed by atoms with Gasteiger partial charge in [0.1, 0.15) is 0 Å². The number of nitrogens with zero attached hydrogens (tertiary/aromatic N) is 1. The van der Waals surface area contributed by atoms with Crippen LogP contribution in [-0.2, 0) is 4.79 Å². The number of rotatable bonds is 0. The van der Waals surface area contributed by atoms with Gasteiger partial charge in [0.25, 0.3) is 0 Å². The standard InChI is InChI=1S/C7H10FNO/c8-7-2-4-9(5-7)3-1-6(7)10/h1-5H2. The summed E-state index contributed by atoms with van der Waals surface area (Å²) in [7, 11) is 0. The van der Waals surface area contributed by atoms with Gasteiger partial charge in [0, 0.05) is 32.5 Å². The minimum Gasteiger partial charge on any atom is -0.299 e. The molecule has 0 aromatic rings. The van der Waals surface area contributed by atoms with Gasteiger partial charge in [0.05, 0.1) is 0 Å². The molecule has 0 radical (unpaired) electrons. The fourth-order valence-electron chi connectivity index (χ4n) is 1.75. The zero-order valence-electron chi connectivity index (χ0n) is 5.77. The quantitative estimate of drug-likeness (QED) is 0.488. The summed E-state index contributed by atoms with van der Waals surface area (Å²) < 4.78 is 13.3. The van der Waals surface area contributed by atoms with Crippen LogP contribution in [0.25, 0.3) is 0 Å². The van der Waals surface area contributed by atoms with Crippen LogP contribution in [0.2, 0.25) is 0 Å². The Kier molecular flexibility index (Phi) is 1.12. The molecule has 0 spiro atoms. The fraction of sp³-hybridized carbons (Fsp3) is 0.857. The lowest BCUT2D eigenvalue weighted by molar-refractivity contribution is -0.132. The SMILES string of the molecule is O=C1CCN2CCC1(F)C2. The van der Waals surface area contributed by atoms with Crippen LogP contribution in [0.3, 0.4) is 0 Å². The van der Waals surface area contributed by atoms with Crippen LogP contribution >= 0.6 is 0 Å². The van der Waals surface area contributed by atoms with Crippen LogP contribution in [0.4, 0.5) is 4.39 Å². The summed E-state index contributed by atoms with van der Waals surface area (Å²) in [6.07, 6.45) is 0.836. The number of hydrogen-bond donors (Lipinski definition) is 0. The van der Waals surface area contributed by atoms with Crippen molar-refractivity contribution in [1.29, 1.82) is 0 Å². The molecule has 2 aliphatic heterocycles. The first kappa shape index (κ1) is 6.28. The Morgan fingerprint density at radius 2 is 2.30 bits per heavy atom. The van der Waals surface area contributed by atoms with Gasteiger partial charge in [-0.2, -0.15) is 0 Å². The van der Waals surface area contributed by atoms with Crippen molar-refractivity contribution < 1.29 is 9.18 Å². The average molecular weight is 143 g/mol. The van der Waals surface area contributed by atoms with Gasteiger partial charge in [0.15, 0.2) is 11.5 Å². The van der Waals surface area contributed by atoms with E-state index in [2.05, 4.69) is 0 Å². The first-order valence-corrected chi connectivity index (χ1v) is 3.65. The van der Waals surface area contributed by atoms with Crippen LogP contribution in [-0.4, -0.2) is 36.0 Å². The van der Waals surface area contributed by atoms with Crippen molar-refractivity contribution in [2.24, 2.45) is 0 Å². The van der Waals surface area contributed by atoms with Gasteiger partial charge < -0.3 is 0 Å². The predicted octanol–water partition coefficient (Wildman–Crippen LogP) is 0.373. The molecule has 2 unspecified atom stereocenters. The predicted molar refractivity (Wildman–Crippen MR) is 34.5 cm³/mol. The Balaban J connectivity index is 2.25. The largest absolute Gasteiger partial charge is 0.299 e. The molecule has 0 aliphatic carbocycles. The second-order valence-corrected chi connectivity index (χ2v) is 3.16. The zero-order chi connectivity index (χ0) is 7.19. The Morgan fingerprint density at radius 1 is 1.50 bits per heavy atom. The number of Topliss-reactive ketones (excluding diaryl/α,β-unsaturated/α-hetero) is 1. The number of hydrogen-bond acceptors (Lipinski definition) is 2. The van der Waals surface area contributed by atoms with Gasteiger partial charge in [-0.25, -0.2) is 4.39 Å². The molecule has 2 saturated heterocycles. The maximum atomic E-state index is 13.3. The lowest BCUT2D eigenvalue weighted by atomic mass is 9.96. The Hall–Kier alpha value is -0.440. The summed E-state index contributed by atoms with van der Waals surface area (Å²) in [4.78, 5) is 13.0. The van der Waals surface area contributed by atoms with Crippen molar-refractivity contribution in [3.63, 3.8) is 0 Å². The summed E-state index contributed by atoms with van der Waals surface area (Å²) in [6, 6.07) is 0. The lowest BCUT2D eigenvalue weighted by Crippen LogP contribution is -2.43. The molecule has 2 bridgehead atoms. The first-order chi connectivity index (χ1) is 4.71. The van der Waals surface area contributed by atoms with Gasteiger partial charge in [-0.05, 0) is 0 Å². The van der Waals surface area contributed by atoms with E-state index in [4.69, 9.17) is 0 Å². The molecule has 0 saturated carbocycles. The number of halogens is 1. The molecule has 10 heavy (non-hydrogen) atoms. The van der Waals surface area contributed by atoms with Crippen molar-refractivity contribution in [1.82, 2.24) is 4.90 Å². The molecule has 2 fully saturated rings. The highest BCUT2D eigenvalue weighted by atomic mass is 19.1. The van der Waals surface area contributed by atoms with Gasteiger partial charge in [0.2, 0.25) is 0 Å². The molecule has 0 aromatic heterocycles. The van der Waals surface area contributed by atoms with Crippen molar-refractivity contribution in [3.8, 4) is 0 Å². The average Bonchev–Trinajstić information content (AvgIpc) is 2.22. The van der Waals surface area contributed by atoms with Gasteiger partial charge in [-0.3, -0.25) is 9.69 Å². The number of fused-ring (bicyclic) bond motifs is 2. The molecule has 2 heterocycles. The monoisotopic (exact) mass is 143 g/mol. The fourth-order valence-corrected chi connectivity index (χ4v) is 1.75. The van der Waals surface area contributed by atoms with E-state index in [-0.39, 0.29) is 5.78 Å². The minimum atomic E-state index is -1.46. The van der Waals surface area contributed by atoms with E-state index >= 15 is 0 Å². The smallest absolute Gasteiger partial charge is 0.182 e. The molecule has 0 amide bonds. The number of piperidine rings is 1. The Bertz CT molecular complexity index is 182. The molecule has 2 atom stereocenters. The number of carbonyl (C=O) groups excluding carboxylic acids is 1. The van der Waals surface area contributed by atoms with Gasteiger partial charge >= 0.3 is 0 Å². The van der Waals surface area contributed by atoms with E-state index in [1.54, 1.807) is 0 Å². The van der Waals surface area contributed by atoms with Gasteiger partial charge in [-0.1, -0.05) is 0 Å². The third-order valence-electron chi connectivity index (χ3n) is 2.45. The molecule has 2 nitrogen and oxygen atoms in total. The molecular formula is C7H10FNO. The normalized spacial score (nSPS) is 46.1. The number of ketones is 1. The van der Waals surface area contributed by atoms with E-state index in [1.807, 2.05) is 4.90 Å². The van der Waals surface area contributed by atoms with E-state index in [0.29, 0.717) is 19.4 Å². The van der Waals surface area contributed by atoms with Crippen molar-refractivity contribution >= 4 is 5.78 Å². The molecule has 2 rings (SSSR count). The lowest BCUT2D eigenvalue weighted by Gasteiger charge is -2.24. The minimum absolute atomic E-state index is 0.179. The highest BCUT2D eigenvalue weighted by Crippen LogP contribution is 2.31. The molecule has 2 aliphatic rings. The Morgan fingerprint density at radius 3 is 3.00 bits per heavy atom. The van der Waals surface area contributed by atoms with Crippen molar-refractivity contribution in [3.05, 3.63) is 0 Å². The van der Waals surface area contributed by atoms with Gasteiger partial charge in [-0.15, -0.1) is 0 Å². The molecule has 0 N–H and O–H groups in total. The molecule has 0 aromatic carbocycles. The summed E-state index contributed by atoms with van der Waals surface area (Å²) in [5, 5.41) is 0. The van der Waals surface area contributed by atoms with E-state index in [9.17, 15) is 9.18 Å². The van der Waals surface area contributed by atoms with E-state index in [1.165, 1.54) is 0 Å². The number of carbonyl (C=O) groups is 1. The summed E-state index contributed by atoms with van der Waals surface area (Å²) in [6.45, 7) is 1.89. The van der Waals surface area contributed by atoms with Crippen LogP contribution < -0.4 is 0 Å². The zero-order valence-corrected chi connectivity index (χ0v) is 5.77. The summed E-state index contributed by atoms with van der Waals surface area (Å²) >= 11 is 0. The third kappa shape index (κ3) is 0.700. The van der Waals surface area contributed by atoms with Crippen LogP contribution in [0.1, 0.15) is 12.8 Å². The molecular weight excluding hydrogens is 133 g/mol. The second kappa shape index (κ2) is 1.78. The van der Waals surface area contributed by atoms with Crippen LogP contribution in [0, 0.1) is 0 Å². The third-order valence-corrected chi connectivity index (χ3v) is 2.45. The van der Waals surface area contributed by atoms with E-state index in [0.717, 1.165) is 13.1 Å². The number of alkyl halides is 1. The molecule has 3 heteroatoms. The van der Waals surface area contributed by atoms with Crippen molar-refractivity contribution in [2.75, 3.05) is 19.6 Å².